The number of anilines is 1. The van der Waals surface area contributed by atoms with E-state index in [1.807, 2.05) is 32.6 Å². The van der Waals surface area contributed by atoms with Gasteiger partial charge in [-0.05, 0) is 13.1 Å². The highest BCUT2D eigenvalue weighted by Crippen LogP contribution is 2.13. The van der Waals surface area contributed by atoms with Gasteiger partial charge in [-0.15, -0.1) is 0 Å². The molecule has 0 spiro atoms. The van der Waals surface area contributed by atoms with Gasteiger partial charge in [0, 0.05) is 39.1 Å². The molecule has 0 bridgehead atoms. The molecule has 5 nitrogen and oxygen atoms in total. The summed E-state index contributed by atoms with van der Waals surface area (Å²) in [6.45, 7) is 2.59. The highest BCUT2D eigenvalue weighted by Gasteiger charge is 2.28. The number of H-pyrrole nitrogens is 1. The maximum Gasteiger partial charge on any atom is 0.245 e. The van der Waals surface area contributed by atoms with Crippen LogP contribution in [0.5, 0.6) is 0 Å². The van der Waals surface area contributed by atoms with E-state index >= 15 is 0 Å². The van der Waals surface area contributed by atoms with E-state index in [1.54, 1.807) is 4.90 Å². The molecule has 1 unspecified atom stereocenters. The van der Waals surface area contributed by atoms with Crippen LogP contribution in [0.1, 0.15) is 0 Å². The van der Waals surface area contributed by atoms with Crippen molar-refractivity contribution in [3.8, 4) is 0 Å². The fourth-order valence-corrected chi connectivity index (χ4v) is 1.96. The summed E-state index contributed by atoms with van der Waals surface area (Å²) in [7, 11) is 3.81. The van der Waals surface area contributed by atoms with E-state index in [-0.39, 0.29) is 11.9 Å². The summed E-state index contributed by atoms with van der Waals surface area (Å²) in [6.07, 6.45) is 3.65. The van der Waals surface area contributed by atoms with Gasteiger partial charge in [0.2, 0.25) is 5.91 Å². The van der Waals surface area contributed by atoms with Crippen LogP contribution < -0.4 is 10.2 Å². The Balaban J connectivity index is 2.06. The largest absolute Gasteiger partial charge is 0.366 e. The third kappa shape index (κ3) is 2.10. The van der Waals surface area contributed by atoms with Gasteiger partial charge in [0.05, 0.1) is 5.69 Å². The van der Waals surface area contributed by atoms with Crippen LogP contribution in [0.25, 0.3) is 0 Å². The van der Waals surface area contributed by atoms with Crippen molar-refractivity contribution in [3.05, 3.63) is 18.5 Å². The summed E-state index contributed by atoms with van der Waals surface area (Å²) in [5.41, 5.74) is 0.906. The molecule has 16 heavy (non-hydrogen) atoms. The molecule has 0 aliphatic carbocycles. The summed E-state index contributed by atoms with van der Waals surface area (Å²) in [5, 5.41) is 3.25. The molecule has 5 heteroatoms. The molecule has 1 fully saturated rings. The first-order valence-corrected chi connectivity index (χ1v) is 5.51. The predicted molar refractivity (Wildman–Crippen MR) is 63.5 cm³/mol. The predicted octanol–water partition coefficient (Wildman–Crippen LogP) is -0.119. The summed E-state index contributed by atoms with van der Waals surface area (Å²) in [6, 6.07) is 1.84. The molecule has 2 rings (SSSR count). The number of nitrogens with one attached hydrogen (secondary N) is 2. The van der Waals surface area contributed by atoms with Crippen molar-refractivity contribution in [3.63, 3.8) is 0 Å². The minimum Gasteiger partial charge on any atom is -0.366 e. The SMILES string of the molecule is CN(C(=O)C1CNCCN1C)c1cc[nH]c1. The maximum atomic E-state index is 12.2. The minimum atomic E-state index is -0.0614. The van der Waals surface area contributed by atoms with E-state index in [2.05, 4.69) is 15.2 Å². The monoisotopic (exact) mass is 222 g/mol. The number of hydrogen-bond acceptors (Lipinski definition) is 3. The van der Waals surface area contributed by atoms with E-state index in [4.69, 9.17) is 0 Å². The number of aromatic amines is 1. The van der Waals surface area contributed by atoms with Crippen LogP contribution in [-0.4, -0.2) is 55.6 Å². The van der Waals surface area contributed by atoms with Gasteiger partial charge < -0.3 is 15.2 Å². The van der Waals surface area contributed by atoms with Crippen LogP contribution in [0.4, 0.5) is 5.69 Å². The zero-order valence-corrected chi connectivity index (χ0v) is 9.73. The molecule has 1 atom stereocenters. The summed E-state index contributed by atoms with van der Waals surface area (Å²) in [5.74, 6) is 0.134. The van der Waals surface area contributed by atoms with Gasteiger partial charge in [-0.3, -0.25) is 9.69 Å². The molecule has 1 amide bonds. The smallest absolute Gasteiger partial charge is 0.245 e. The first kappa shape index (κ1) is 11.2. The van der Waals surface area contributed by atoms with Crippen molar-refractivity contribution in [1.82, 2.24) is 15.2 Å². The number of rotatable bonds is 2. The molecule has 0 saturated carbocycles. The normalized spacial score (nSPS) is 22.0. The lowest BCUT2D eigenvalue weighted by Crippen LogP contribution is -2.56. The number of carbonyl (C=O) groups excluding carboxylic acids is 1. The lowest BCUT2D eigenvalue weighted by molar-refractivity contribution is -0.123. The molecular formula is C11H18N4O. The lowest BCUT2D eigenvalue weighted by Gasteiger charge is -2.34. The Morgan fingerprint density at radius 1 is 1.62 bits per heavy atom. The van der Waals surface area contributed by atoms with E-state index in [0.29, 0.717) is 0 Å². The maximum absolute atomic E-state index is 12.2. The van der Waals surface area contributed by atoms with Crippen LogP contribution in [-0.2, 0) is 4.79 Å². The molecule has 0 aromatic carbocycles. The summed E-state index contributed by atoms with van der Waals surface area (Å²) in [4.78, 5) is 19.0. The fraction of sp³-hybridized carbons (Fsp3) is 0.545. The van der Waals surface area contributed by atoms with Gasteiger partial charge >= 0.3 is 0 Å². The van der Waals surface area contributed by atoms with Crippen molar-refractivity contribution < 1.29 is 4.79 Å². The Morgan fingerprint density at radius 2 is 2.44 bits per heavy atom. The quantitative estimate of drug-likeness (QED) is 0.733. The van der Waals surface area contributed by atoms with Gasteiger partial charge in [0.25, 0.3) is 0 Å². The van der Waals surface area contributed by atoms with Gasteiger partial charge in [-0.1, -0.05) is 0 Å². The Kier molecular flexibility index (Phi) is 3.26. The van der Waals surface area contributed by atoms with Crippen LogP contribution in [0.2, 0.25) is 0 Å². The average molecular weight is 222 g/mol. The minimum absolute atomic E-state index is 0.0614. The summed E-state index contributed by atoms with van der Waals surface area (Å²) < 4.78 is 0. The number of likely N-dealkylation sites (N-methyl/N-ethyl adjacent to an activating group) is 2. The fourth-order valence-electron chi connectivity index (χ4n) is 1.96. The molecule has 0 radical (unpaired) electrons. The molecule has 88 valence electrons. The van der Waals surface area contributed by atoms with Gasteiger partial charge in [0.15, 0.2) is 0 Å². The number of nitrogens with zero attached hydrogens (tertiary/aromatic N) is 2. The van der Waals surface area contributed by atoms with Crippen molar-refractivity contribution in [2.45, 2.75) is 6.04 Å². The van der Waals surface area contributed by atoms with E-state index in [1.165, 1.54) is 0 Å². The van der Waals surface area contributed by atoms with E-state index < -0.39 is 0 Å². The highest BCUT2D eigenvalue weighted by molar-refractivity contribution is 5.96. The van der Waals surface area contributed by atoms with Crippen molar-refractivity contribution in [1.29, 1.82) is 0 Å². The second-order valence-corrected chi connectivity index (χ2v) is 4.17. The second kappa shape index (κ2) is 4.67. The molecule has 2 heterocycles. The zero-order valence-electron chi connectivity index (χ0n) is 9.73. The van der Waals surface area contributed by atoms with Gasteiger partial charge in [-0.2, -0.15) is 0 Å². The standard InChI is InChI=1S/C11H18N4O/c1-14-6-5-13-8-10(14)11(16)15(2)9-3-4-12-7-9/h3-4,7,10,12-13H,5-6,8H2,1-2H3. The second-order valence-electron chi connectivity index (χ2n) is 4.17. The molecule has 1 aromatic rings. The zero-order chi connectivity index (χ0) is 11.5. The van der Waals surface area contributed by atoms with Gasteiger partial charge in [0.1, 0.15) is 6.04 Å². The third-order valence-electron chi connectivity index (χ3n) is 3.10. The first-order valence-electron chi connectivity index (χ1n) is 5.51. The van der Waals surface area contributed by atoms with Crippen LogP contribution in [0.3, 0.4) is 0 Å². The number of hydrogen-bond donors (Lipinski definition) is 2. The number of amides is 1. The van der Waals surface area contributed by atoms with Crippen molar-refractivity contribution >= 4 is 11.6 Å². The Morgan fingerprint density at radius 3 is 3.06 bits per heavy atom. The topological polar surface area (TPSA) is 51.4 Å². The number of piperazine rings is 1. The third-order valence-corrected chi connectivity index (χ3v) is 3.10. The van der Waals surface area contributed by atoms with Gasteiger partial charge in [-0.25, -0.2) is 0 Å². The number of carbonyl (C=O) groups is 1. The Labute approximate surface area is 95.4 Å². The van der Waals surface area contributed by atoms with Crippen molar-refractivity contribution in [2.24, 2.45) is 0 Å². The lowest BCUT2D eigenvalue weighted by atomic mass is 10.2. The molecular weight excluding hydrogens is 204 g/mol. The number of aromatic nitrogens is 1. The molecule has 1 aromatic heterocycles. The molecule has 1 saturated heterocycles. The molecule has 1 aliphatic heterocycles. The van der Waals surface area contributed by atoms with Crippen LogP contribution in [0, 0.1) is 0 Å². The van der Waals surface area contributed by atoms with Crippen LogP contribution in [0.15, 0.2) is 18.5 Å². The average Bonchev–Trinajstić information content (AvgIpc) is 2.81. The van der Waals surface area contributed by atoms with Crippen molar-refractivity contribution in [2.75, 3.05) is 38.6 Å². The Bertz CT molecular complexity index is 349. The van der Waals surface area contributed by atoms with E-state index in [9.17, 15) is 4.79 Å². The molecule has 2 N–H and O–H groups in total. The highest BCUT2D eigenvalue weighted by atomic mass is 16.2. The summed E-state index contributed by atoms with van der Waals surface area (Å²) >= 11 is 0. The molecule has 1 aliphatic rings. The van der Waals surface area contributed by atoms with Crippen LogP contribution >= 0.6 is 0 Å². The first-order chi connectivity index (χ1) is 7.70. The Hall–Kier alpha value is -1.33. The van der Waals surface area contributed by atoms with E-state index in [0.717, 1.165) is 25.3 Å².